The molecule has 0 bridgehead atoms. The van der Waals surface area contributed by atoms with Crippen molar-refractivity contribution >= 4 is 23.3 Å². The van der Waals surface area contributed by atoms with Crippen LogP contribution in [0.4, 0.5) is 5.69 Å². The summed E-state index contributed by atoms with van der Waals surface area (Å²) < 4.78 is 10.3. The summed E-state index contributed by atoms with van der Waals surface area (Å²) in [4.78, 5) is 39.2. The second-order valence-corrected chi connectivity index (χ2v) is 5.05. The minimum absolute atomic E-state index is 0.165. The Labute approximate surface area is 145 Å². The van der Waals surface area contributed by atoms with E-state index in [1.165, 1.54) is 19.2 Å². The van der Waals surface area contributed by atoms with Crippen molar-refractivity contribution in [1.29, 1.82) is 0 Å². The third-order valence-corrected chi connectivity index (χ3v) is 3.13. The summed E-state index contributed by atoms with van der Waals surface area (Å²) in [6.45, 7) is 3.13. The molecular formula is C18H18N2O5. The summed E-state index contributed by atoms with van der Waals surface area (Å²) in [5.74, 6) is -1.07. The van der Waals surface area contributed by atoms with Crippen LogP contribution >= 0.6 is 0 Å². The normalized spacial score (nSPS) is 10.0. The van der Waals surface area contributed by atoms with Crippen LogP contribution in [0, 0.1) is 0 Å². The summed E-state index contributed by atoms with van der Waals surface area (Å²) in [5, 5.41) is 2.60. The third kappa shape index (κ3) is 5.13. The van der Waals surface area contributed by atoms with E-state index in [0.717, 1.165) is 0 Å². The molecule has 7 nitrogen and oxygen atoms in total. The van der Waals surface area contributed by atoms with Crippen LogP contribution in [0.3, 0.4) is 0 Å². The minimum Gasteiger partial charge on any atom is -0.477 e. The van der Waals surface area contributed by atoms with Gasteiger partial charge in [0.1, 0.15) is 5.56 Å². The molecule has 7 heteroatoms. The van der Waals surface area contributed by atoms with Crippen LogP contribution in [0.5, 0.6) is 5.88 Å². The first-order chi connectivity index (χ1) is 12.0. The molecule has 0 unspecified atom stereocenters. The SMILES string of the molecule is CCOc1ncccc1C(=O)OCC(=O)c1ccc(NC(C)=O)cc1. The number of pyridine rings is 1. The maximum absolute atomic E-state index is 12.1. The van der Waals surface area contributed by atoms with Crippen LogP contribution in [0.25, 0.3) is 0 Å². The van der Waals surface area contributed by atoms with Crippen molar-refractivity contribution in [3.05, 3.63) is 53.7 Å². The number of esters is 1. The summed E-state index contributed by atoms with van der Waals surface area (Å²) in [6, 6.07) is 9.42. The Kier molecular flexibility index (Phi) is 6.22. The topological polar surface area (TPSA) is 94.6 Å². The third-order valence-electron chi connectivity index (χ3n) is 3.13. The zero-order chi connectivity index (χ0) is 18.2. The Morgan fingerprint density at radius 2 is 1.84 bits per heavy atom. The molecule has 2 aromatic rings. The number of anilines is 1. The molecule has 0 saturated carbocycles. The molecule has 0 spiro atoms. The quantitative estimate of drug-likeness (QED) is 0.613. The lowest BCUT2D eigenvalue weighted by Crippen LogP contribution is -2.15. The van der Waals surface area contributed by atoms with Crippen LogP contribution in [-0.4, -0.2) is 35.9 Å². The Morgan fingerprint density at radius 3 is 2.48 bits per heavy atom. The Balaban J connectivity index is 1.97. The maximum Gasteiger partial charge on any atom is 0.344 e. The van der Waals surface area contributed by atoms with Gasteiger partial charge in [-0.05, 0) is 43.3 Å². The van der Waals surface area contributed by atoms with Crippen molar-refractivity contribution in [2.45, 2.75) is 13.8 Å². The van der Waals surface area contributed by atoms with Gasteiger partial charge in [0.15, 0.2) is 12.4 Å². The van der Waals surface area contributed by atoms with Crippen molar-refractivity contribution in [3.8, 4) is 5.88 Å². The Morgan fingerprint density at radius 1 is 1.12 bits per heavy atom. The molecule has 2 rings (SSSR count). The number of Topliss-reactive ketones (excluding diaryl/α,β-unsaturated/α-hetero) is 1. The standard InChI is InChI=1S/C18H18N2O5/c1-3-24-17-15(5-4-10-19-17)18(23)25-11-16(22)13-6-8-14(9-7-13)20-12(2)21/h4-10H,3,11H2,1-2H3,(H,20,21). The van der Waals surface area contributed by atoms with E-state index in [0.29, 0.717) is 17.9 Å². The molecule has 1 aromatic carbocycles. The summed E-state index contributed by atoms with van der Waals surface area (Å²) >= 11 is 0. The molecule has 0 aliphatic carbocycles. The lowest BCUT2D eigenvalue weighted by Gasteiger charge is -2.09. The van der Waals surface area contributed by atoms with Crippen LogP contribution in [0.2, 0.25) is 0 Å². The lowest BCUT2D eigenvalue weighted by molar-refractivity contribution is -0.114. The van der Waals surface area contributed by atoms with Gasteiger partial charge in [-0.15, -0.1) is 0 Å². The van der Waals surface area contributed by atoms with E-state index < -0.39 is 12.6 Å². The fraction of sp³-hybridized carbons (Fsp3) is 0.222. The lowest BCUT2D eigenvalue weighted by atomic mass is 10.1. The first-order valence-electron chi connectivity index (χ1n) is 7.67. The van der Waals surface area contributed by atoms with Crippen molar-refractivity contribution in [3.63, 3.8) is 0 Å². The van der Waals surface area contributed by atoms with Gasteiger partial charge < -0.3 is 14.8 Å². The second kappa shape index (κ2) is 8.58. The predicted octanol–water partition coefficient (Wildman–Crippen LogP) is 2.48. The van der Waals surface area contributed by atoms with Gasteiger partial charge in [-0.2, -0.15) is 0 Å². The number of nitrogens with one attached hydrogen (secondary N) is 1. The summed E-state index contributed by atoms with van der Waals surface area (Å²) in [6.07, 6.45) is 1.50. The predicted molar refractivity (Wildman–Crippen MR) is 90.8 cm³/mol. The average molecular weight is 342 g/mol. The first kappa shape index (κ1) is 18.1. The van der Waals surface area contributed by atoms with Gasteiger partial charge in [0, 0.05) is 24.4 Å². The molecular weight excluding hydrogens is 324 g/mol. The van der Waals surface area contributed by atoms with E-state index in [1.807, 2.05) is 0 Å². The number of hydrogen-bond acceptors (Lipinski definition) is 6. The zero-order valence-electron chi connectivity index (χ0n) is 13.9. The van der Waals surface area contributed by atoms with Gasteiger partial charge in [0.05, 0.1) is 6.61 Å². The van der Waals surface area contributed by atoms with E-state index in [1.54, 1.807) is 37.3 Å². The molecule has 0 aliphatic rings. The van der Waals surface area contributed by atoms with Gasteiger partial charge in [-0.3, -0.25) is 9.59 Å². The fourth-order valence-electron chi connectivity index (χ4n) is 2.03. The van der Waals surface area contributed by atoms with Crippen molar-refractivity contribution in [2.75, 3.05) is 18.5 Å². The molecule has 25 heavy (non-hydrogen) atoms. The minimum atomic E-state index is -0.681. The first-order valence-corrected chi connectivity index (χ1v) is 7.67. The molecule has 0 saturated heterocycles. The highest BCUT2D eigenvalue weighted by molar-refractivity contribution is 6.00. The highest BCUT2D eigenvalue weighted by Crippen LogP contribution is 2.16. The largest absolute Gasteiger partial charge is 0.477 e. The van der Waals surface area contributed by atoms with Gasteiger partial charge in [0.25, 0.3) is 0 Å². The number of aromatic nitrogens is 1. The van der Waals surface area contributed by atoms with E-state index in [-0.39, 0.29) is 23.1 Å². The van der Waals surface area contributed by atoms with Crippen LogP contribution in [0.15, 0.2) is 42.6 Å². The van der Waals surface area contributed by atoms with Crippen molar-refractivity contribution in [2.24, 2.45) is 0 Å². The van der Waals surface area contributed by atoms with Crippen molar-refractivity contribution in [1.82, 2.24) is 4.98 Å². The number of benzene rings is 1. The molecule has 0 radical (unpaired) electrons. The number of amides is 1. The number of nitrogens with zero attached hydrogens (tertiary/aromatic N) is 1. The monoisotopic (exact) mass is 342 g/mol. The van der Waals surface area contributed by atoms with Crippen LogP contribution in [0.1, 0.15) is 34.6 Å². The number of carbonyl (C=O) groups excluding carboxylic acids is 3. The molecule has 1 aromatic heterocycles. The van der Waals surface area contributed by atoms with Gasteiger partial charge in [0.2, 0.25) is 11.8 Å². The summed E-state index contributed by atoms with van der Waals surface area (Å²) in [7, 11) is 0. The molecule has 0 aliphatic heterocycles. The number of ketones is 1. The van der Waals surface area contributed by atoms with E-state index in [2.05, 4.69) is 10.3 Å². The fourth-order valence-corrected chi connectivity index (χ4v) is 2.03. The number of carbonyl (C=O) groups is 3. The van der Waals surface area contributed by atoms with E-state index in [9.17, 15) is 14.4 Å². The van der Waals surface area contributed by atoms with Crippen LogP contribution < -0.4 is 10.1 Å². The molecule has 0 atom stereocenters. The Bertz CT molecular complexity index is 771. The highest BCUT2D eigenvalue weighted by Gasteiger charge is 2.17. The van der Waals surface area contributed by atoms with Crippen molar-refractivity contribution < 1.29 is 23.9 Å². The molecule has 1 amide bonds. The smallest absolute Gasteiger partial charge is 0.344 e. The summed E-state index contributed by atoms with van der Waals surface area (Å²) in [5.41, 5.74) is 1.12. The molecule has 130 valence electrons. The zero-order valence-corrected chi connectivity index (χ0v) is 13.9. The number of hydrogen-bond donors (Lipinski definition) is 1. The van der Waals surface area contributed by atoms with Gasteiger partial charge in [-0.1, -0.05) is 0 Å². The van der Waals surface area contributed by atoms with Gasteiger partial charge in [-0.25, -0.2) is 9.78 Å². The average Bonchev–Trinajstić information content (AvgIpc) is 2.60. The number of ether oxygens (including phenoxy) is 2. The van der Waals surface area contributed by atoms with E-state index in [4.69, 9.17) is 9.47 Å². The van der Waals surface area contributed by atoms with Gasteiger partial charge >= 0.3 is 5.97 Å². The van der Waals surface area contributed by atoms with E-state index >= 15 is 0 Å². The maximum atomic E-state index is 12.1. The molecule has 1 N–H and O–H groups in total. The van der Waals surface area contributed by atoms with Crippen LogP contribution in [-0.2, 0) is 9.53 Å². The second-order valence-electron chi connectivity index (χ2n) is 5.05. The molecule has 0 fully saturated rings. The highest BCUT2D eigenvalue weighted by atomic mass is 16.5. The number of rotatable bonds is 7. The Hall–Kier alpha value is -3.22. The molecule has 1 heterocycles.